The number of sulfone groups is 1. The maximum Gasteiger partial charge on any atom is 0.176 e. The molecular formula is C15H11Cl3N2O2S. The van der Waals surface area contributed by atoms with Gasteiger partial charge >= 0.3 is 0 Å². The fourth-order valence-corrected chi connectivity index (χ4v) is 3.41. The second-order valence-corrected chi connectivity index (χ2v) is 7.64. The lowest BCUT2D eigenvalue weighted by Gasteiger charge is -2.05. The van der Waals surface area contributed by atoms with Gasteiger partial charge in [-0.05, 0) is 12.1 Å². The molecule has 0 radical (unpaired) electrons. The molecule has 0 saturated heterocycles. The van der Waals surface area contributed by atoms with Crippen LogP contribution in [0.15, 0.2) is 63.6 Å². The molecule has 4 nitrogen and oxygen atoms in total. The van der Waals surface area contributed by atoms with Gasteiger partial charge in [-0.3, -0.25) is 0 Å². The largest absolute Gasteiger partial charge is 0.224 e. The van der Waals surface area contributed by atoms with Crippen molar-refractivity contribution >= 4 is 55.0 Å². The molecule has 2 rings (SSSR count). The van der Waals surface area contributed by atoms with Crippen LogP contribution in [0.25, 0.3) is 0 Å². The molecule has 0 atom stereocenters. The first-order valence-corrected chi connectivity index (χ1v) is 9.34. The minimum atomic E-state index is -3.44. The van der Waals surface area contributed by atoms with Gasteiger partial charge in [-0.2, -0.15) is 0 Å². The maximum absolute atomic E-state index is 11.8. The maximum atomic E-state index is 11.8. The van der Waals surface area contributed by atoms with Gasteiger partial charge in [0.2, 0.25) is 0 Å². The average Bonchev–Trinajstić information content (AvgIpc) is 2.52. The number of hydrogen-bond acceptors (Lipinski definition) is 4. The Morgan fingerprint density at radius 3 is 1.91 bits per heavy atom. The van der Waals surface area contributed by atoms with Gasteiger partial charge in [-0.1, -0.05) is 71.2 Å². The molecule has 0 aromatic heterocycles. The van der Waals surface area contributed by atoms with Crippen molar-refractivity contribution in [2.24, 2.45) is 10.2 Å². The molecule has 0 aliphatic heterocycles. The molecule has 0 saturated carbocycles. The zero-order valence-corrected chi connectivity index (χ0v) is 15.0. The van der Waals surface area contributed by atoms with Crippen molar-refractivity contribution in [3.63, 3.8) is 0 Å². The van der Waals surface area contributed by atoms with E-state index in [1.807, 2.05) is 0 Å². The molecule has 0 aliphatic rings. The fourth-order valence-electron chi connectivity index (χ4n) is 1.78. The zero-order valence-electron chi connectivity index (χ0n) is 11.9. The summed E-state index contributed by atoms with van der Waals surface area (Å²) < 4.78 is 23.5. The van der Waals surface area contributed by atoms with Crippen molar-refractivity contribution in [3.8, 4) is 0 Å². The molecule has 0 heterocycles. The summed E-state index contributed by atoms with van der Waals surface area (Å²) in [5.41, 5.74) is 0.754. The lowest BCUT2D eigenvalue weighted by molar-refractivity contribution is 0.602. The molecule has 0 aliphatic carbocycles. The first kappa shape index (κ1) is 17.9. The van der Waals surface area contributed by atoms with E-state index in [1.165, 1.54) is 6.07 Å². The summed E-state index contributed by atoms with van der Waals surface area (Å²) in [5, 5.41) is 8.00. The molecule has 0 N–H and O–H groups in total. The van der Waals surface area contributed by atoms with Gasteiger partial charge in [0.1, 0.15) is 0 Å². The van der Waals surface area contributed by atoms with E-state index in [-0.39, 0.29) is 20.8 Å². The first-order valence-electron chi connectivity index (χ1n) is 6.31. The Balaban J connectivity index is 2.42. The van der Waals surface area contributed by atoms with Gasteiger partial charge in [0, 0.05) is 17.4 Å². The van der Waals surface area contributed by atoms with Crippen molar-refractivity contribution in [2.45, 2.75) is 4.90 Å². The van der Waals surface area contributed by atoms with E-state index in [9.17, 15) is 8.42 Å². The van der Waals surface area contributed by atoms with Gasteiger partial charge in [0.25, 0.3) is 0 Å². The Hall–Kier alpha value is -1.40. The van der Waals surface area contributed by atoms with Crippen LogP contribution in [0.1, 0.15) is 11.1 Å². The minimum Gasteiger partial charge on any atom is -0.224 e. The van der Waals surface area contributed by atoms with Crippen LogP contribution >= 0.6 is 34.8 Å². The van der Waals surface area contributed by atoms with E-state index in [1.54, 1.807) is 42.5 Å². The highest BCUT2D eigenvalue weighted by atomic mass is 35.5. The number of hydrogen-bond donors (Lipinski definition) is 0. The number of halogens is 3. The third-order valence-electron chi connectivity index (χ3n) is 2.83. The Kier molecular flexibility index (Phi) is 5.81. The van der Waals surface area contributed by atoms with Gasteiger partial charge in [-0.15, -0.1) is 10.2 Å². The molecule has 23 heavy (non-hydrogen) atoms. The van der Waals surface area contributed by atoms with E-state index in [0.717, 1.165) is 6.26 Å². The summed E-state index contributed by atoms with van der Waals surface area (Å²) in [6.07, 6.45) is 1.09. The van der Waals surface area contributed by atoms with Crippen LogP contribution in [0.5, 0.6) is 0 Å². The van der Waals surface area contributed by atoms with Crippen LogP contribution in [-0.4, -0.2) is 25.0 Å². The molecule has 2 aromatic rings. The van der Waals surface area contributed by atoms with Crippen molar-refractivity contribution in [3.05, 3.63) is 64.7 Å². The molecule has 0 fully saturated rings. The van der Waals surface area contributed by atoms with Crippen molar-refractivity contribution in [1.29, 1.82) is 0 Å². The monoisotopic (exact) mass is 388 g/mol. The fraction of sp³-hybridized carbons (Fsp3) is 0.0667. The Bertz CT molecular complexity index is 893. The summed E-state index contributed by atoms with van der Waals surface area (Å²) in [5.74, 6) is 0. The number of benzene rings is 2. The smallest absolute Gasteiger partial charge is 0.176 e. The Morgan fingerprint density at radius 1 is 0.870 bits per heavy atom. The van der Waals surface area contributed by atoms with E-state index in [0.29, 0.717) is 10.6 Å². The van der Waals surface area contributed by atoms with E-state index in [4.69, 9.17) is 34.8 Å². The minimum absolute atomic E-state index is 0.0468. The van der Waals surface area contributed by atoms with E-state index < -0.39 is 9.84 Å². The van der Waals surface area contributed by atoms with Crippen molar-refractivity contribution < 1.29 is 8.42 Å². The second kappa shape index (κ2) is 7.45. The standard InChI is InChI=1S/C15H11Cl3N2O2S/c1-23(21,22)13-9-5-3-7-11(13)15(18)20-19-14(17)10-6-2-4-8-12(10)16/h2-9H,1H3. The third-order valence-corrected chi connectivity index (χ3v) is 4.87. The summed E-state index contributed by atoms with van der Waals surface area (Å²) in [6.45, 7) is 0. The highest BCUT2D eigenvalue weighted by molar-refractivity contribution is 7.90. The molecule has 8 heteroatoms. The number of rotatable bonds is 4. The van der Waals surface area contributed by atoms with Crippen LogP contribution in [0.3, 0.4) is 0 Å². The van der Waals surface area contributed by atoms with Crippen LogP contribution in [0.4, 0.5) is 0 Å². The zero-order chi connectivity index (χ0) is 17.0. The molecule has 0 bridgehead atoms. The molecule has 120 valence electrons. The normalized spacial score (nSPS) is 13.2. The third kappa shape index (κ3) is 4.54. The molecule has 0 spiro atoms. The van der Waals surface area contributed by atoms with Crippen LogP contribution in [-0.2, 0) is 9.84 Å². The molecule has 0 unspecified atom stereocenters. The van der Waals surface area contributed by atoms with Crippen molar-refractivity contribution in [1.82, 2.24) is 0 Å². The average molecular weight is 390 g/mol. The summed E-state index contributed by atoms with van der Waals surface area (Å²) in [6, 6.07) is 13.1. The van der Waals surface area contributed by atoms with Gasteiger partial charge in [0.15, 0.2) is 20.2 Å². The van der Waals surface area contributed by atoms with Gasteiger partial charge in [-0.25, -0.2) is 8.42 Å². The predicted octanol–water partition coefficient (Wildman–Crippen LogP) is 4.33. The molecule has 0 amide bonds. The highest BCUT2D eigenvalue weighted by Crippen LogP contribution is 2.20. The summed E-state index contributed by atoms with van der Waals surface area (Å²) in [4.78, 5) is 0.0674. The predicted molar refractivity (Wildman–Crippen MR) is 95.8 cm³/mol. The summed E-state index contributed by atoms with van der Waals surface area (Å²) >= 11 is 18.1. The van der Waals surface area contributed by atoms with Gasteiger partial charge < -0.3 is 0 Å². The van der Waals surface area contributed by atoms with E-state index >= 15 is 0 Å². The molecule has 2 aromatic carbocycles. The van der Waals surface area contributed by atoms with E-state index in [2.05, 4.69) is 10.2 Å². The van der Waals surface area contributed by atoms with Crippen LogP contribution < -0.4 is 0 Å². The molecular weight excluding hydrogens is 379 g/mol. The van der Waals surface area contributed by atoms with Crippen LogP contribution in [0.2, 0.25) is 5.02 Å². The van der Waals surface area contributed by atoms with Gasteiger partial charge in [0.05, 0.1) is 9.92 Å². The Morgan fingerprint density at radius 2 is 1.35 bits per heavy atom. The SMILES string of the molecule is CS(=O)(=O)c1ccccc1C(Cl)=NN=C(Cl)c1ccccc1Cl. The number of nitrogens with zero attached hydrogens (tertiary/aromatic N) is 2. The Labute approximate surface area is 149 Å². The lowest BCUT2D eigenvalue weighted by atomic mass is 10.2. The van der Waals surface area contributed by atoms with Crippen molar-refractivity contribution in [2.75, 3.05) is 6.26 Å². The lowest BCUT2D eigenvalue weighted by Crippen LogP contribution is -2.05. The van der Waals surface area contributed by atoms with Crippen LogP contribution in [0, 0.1) is 0 Å². The topological polar surface area (TPSA) is 58.9 Å². The highest BCUT2D eigenvalue weighted by Gasteiger charge is 2.15. The quantitative estimate of drug-likeness (QED) is 0.577. The summed E-state index contributed by atoms with van der Waals surface area (Å²) in [7, 11) is -3.44. The first-order chi connectivity index (χ1) is 10.8. The second-order valence-electron chi connectivity index (χ2n) is 4.53.